The average Bonchev–Trinajstić information content (AvgIpc) is 3.55. The van der Waals surface area contributed by atoms with Crippen molar-refractivity contribution < 1.29 is 31.9 Å². The van der Waals surface area contributed by atoms with Gasteiger partial charge in [0.15, 0.2) is 0 Å². The fourth-order valence-corrected chi connectivity index (χ4v) is 5.82. The number of nitrogens with zero attached hydrogens (tertiary/aromatic N) is 3. The van der Waals surface area contributed by atoms with E-state index >= 15 is 0 Å². The Morgan fingerprint density at radius 2 is 2.07 bits per heavy atom. The first-order valence-corrected chi connectivity index (χ1v) is 15.3. The van der Waals surface area contributed by atoms with Gasteiger partial charge in [-0.1, -0.05) is 0 Å². The van der Waals surface area contributed by atoms with Crippen molar-refractivity contribution in [3.8, 4) is 11.3 Å². The van der Waals surface area contributed by atoms with Crippen LogP contribution in [0.25, 0.3) is 22.4 Å². The van der Waals surface area contributed by atoms with Crippen LogP contribution in [0.3, 0.4) is 0 Å². The number of aliphatic hydroxyl groups excluding tert-OH is 1. The molecule has 0 radical (unpaired) electrons. The Labute approximate surface area is 238 Å². The second-order valence-corrected chi connectivity index (χ2v) is 12.4. The maximum absolute atomic E-state index is 13.6. The number of anilines is 1. The number of aromatic nitrogens is 1. The van der Waals surface area contributed by atoms with E-state index in [4.69, 9.17) is 10.2 Å². The van der Waals surface area contributed by atoms with Gasteiger partial charge < -0.3 is 25.4 Å². The van der Waals surface area contributed by atoms with Crippen molar-refractivity contribution in [3.05, 3.63) is 47.3 Å². The van der Waals surface area contributed by atoms with Crippen molar-refractivity contribution >= 4 is 39.1 Å². The highest BCUT2D eigenvalue weighted by molar-refractivity contribution is 7.92. The number of amides is 1. The quantitative estimate of drug-likeness (QED) is 0.213. The SMILES string of the molecule is CNC(=O)c1c(-c2ccc(F)cc2)oc2nc(N(C)S(C)(=O)=O)c(CCCC(C=O)CN3CCC[C@H]3C(N)O)cc12. The number of benzene rings is 1. The van der Waals surface area contributed by atoms with E-state index in [1.54, 1.807) is 6.07 Å². The molecule has 13 heteroatoms. The molecule has 3 heterocycles. The fourth-order valence-electron chi connectivity index (χ4n) is 5.35. The van der Waals surface area contributed by atoms with E-state index in [9.17, 15) is 27.5 Å². The van der Waals surface area contributed by atoms with E-state index in [0.717, 1.165) is 36.2 Å². The summed E-state index contributed by atoms with van der Waals surface area (Å²) >= 11 is 0. The number of hydrogen-bond donors (Lipinski definition) is 3. The zero-order valence-corrected chi connectivity index (χ0v) is 24.2. The molecule has 41 heavy (non-hydrogen) atoms. The normalized spacial score (nSPS) is 17.5. The van der Waals surface area contributed by atoms with Crippen LogP contribution in [0.4, 0.5) is 10.2 Å². The molecule has 1 fully saturated rings. The number of nitrogens with two attached hydrogens (primary N) is 1. The Morgan fingerprint density at radius 3 is 2.68 bits per heavy atom. The smallest absolute Gasteiger partial charge is 0.255 e. The summed E-state index contributed by atoms with van der Waals surface area (Å²) < 4.78 is 45.6. The number of halogens is 1. The van der Waals surface area contributed by atoms with Gasteiger partial charge in [-0.2, -0.15) is 4.98 Å². The Bertz CT molecular complexity index is 1510. The van der Waals surface area contributed by atoms with Crippen LogP contribution in [-0.4, -0.2) is 81.3 Å². The number of aldehydes is 1. The van der Waals surface area contributed by atoms with Crippen molar-refractivity contribution in [1.82, 2.24) is 15.2 Å². The molecule has 0 bridgehead atoms. The number of pyridine rings is 1. The molecule has 3 atom stereocenters. The molecule has 4 rings (SSSR count). The molecule has 0 spiro atoms. The number of rotatable bonds is 12. The molecular weight excluding hydrogens is 553 g/mol. The molecule has 1 aliphatic rings. The summed E-state index contributed by atoms with van der Waals surface area (Å²) in [5.74, 6) is -0.862. The molecule has 2 aromatic heterocycles. The summed E-state index contributed by atoms with van der Waals surface area (Å²) in [5, 5.41) is 12.8. The second kappa shape index (κ2) is 12.6. The lowest BCUT2D eigenvalue weighted by Gasteiger charge is -2.28. The maximum atomic E-state index is 13.6. The van der Waals surface area contributed by atoms with E-state index in [2.05, 4.69) is 10.3 Å². The number of aliphatic hydroxyl groups is 1. The van der Waals surface area contributed by atoms with Crippen molar-refractivity contribution in [2.75, 3.05) is 37.7 Å². The lowest BCUT2D eigenvalue weighted by molar-refractivity contribution is -0.112. The molecule has 2 unspecified atom stereocenters. The van der Waals surface area contributed by atoms with E-state index in [1.807, 2.05) is 4.90 Å². The first-order valence-electron chi connectivity index (χ1n) is 13.5. The Balaban J connectivity index is 1.68. The number of carbonyl (C=O) groups is 2. The summed E-state index contributed by atoms with van der Waals surface area (Å²) in [4.78, 5) is 31.4. The van der Waals surface area contributed by atoms with Gasteiger partial charge in [0.25, 0.3) is 5.91 Å². The standard InChI is InChI=1S/C28H36FN5O6S/c1-31-27(37)23-21-14-19(7-4-6-17(16-35)15-34-13-5-8-22(34)25(30)36)26(33(2)41(3,38)39)32-28(21)40-24(23)18-9-11-20(29)12-10-18/h9-12,14,16-17,22,25,36H,4-8,13,15,30H2,1-3H3,(H,31,37)/t17?,22-,25?/m0/s1. The number of furan rings is 1. The van der Waals surface area contributed by atoms with Crippen LogP contribution in [0.1, 0.15) is 41.6 Å². The number of likely N-dealkylation sites (tertiary alicyclic amines) is 1. The van der Waals surface area contributed by atoms with Crippen LogP contribution < -0.4 is 15.4 Å². The van der Waals surface area contributed by atoms with Crippen molar-refractivity contribution in [3.63, 3.8) is 0 Å². The molecular formula is C28H36FN5O6S. The Morgan fingerprint density at radius 1 is 1.37 bits per heavy atom. The number of sulfonamides is 1. The van der Waals surface area contributed by atoms with Gasteiger partial charge in [-0.3, -0.25) is 14.0 Å². The van der Waals surface area contributed by atoms with Gasteiger partial charge in [0.1, 0.15) is 29.9 Å². The third-order valence-corrected chi connectivity index (χ3v) is 8.75. The van der Waals surface area contributed by atoms with Gasteiger partial charge >= 0.3 is 0 Å². The topological polar surface area (TPSA) is 159 Å². The molecule has 1 aliphatic heterocycles. The summed E-state index contributed by atoms with van der Waals surface area (Å²) in [6.45, 7) is 1.23. The minimum absolute atomic E-state index is 0.0587. The Hall–Kier alpha value is -3.39. The number of aryl methyl sites for hydroxylation is 1. The number of hydrogen-bond acceptors (Lipinski definition) is 9. The van der Waals surface area contributed by atoms with Crippen LogP contribution in [0.5, 0.6) is 0 Å². The first kappa shape index (κ1) is 30.6. The molecule has 3 aromatic rings. The minimum Gasteiger partial charge on any atom is -0.437 e. The molecule has 222 valence electrons. The molecule has 1 aromatic carbocycles. The molecule has 1 amide bonds. The van der Waals surface area contributed by atoms with Gasteiger partial charge in [-0.05, 0) is 74.5 Å². The van der Waals surface area contributed by atoms with Crippen molar-refractivity contribution in [2.45, 2.75) is 44.4 Å². The fraction of sp³-hybridized carbons (Fsp3) is 0.464. The molecule has 0 saturated carbocycles. The predicted octanol–water partition coefficient (Wildman–Crippen LogP) is 2.27. The third-order valence-electron chi connectivity index (χ3n) is 7.59. The van der Waals surface area contributed by atoms with Gasteiger partial charge in [0, 0.05) is 38.2 Å². The van der Waals surface area contributed by atoms with Crippen LogP contribution in [0, 0.1) is 11.7 Å². The largest absolute Gasteiger partial charge is 0.437 e. The highest BCUT2D eigenvalue weighted by Crippen LogP contribution is 2.36. The predicted molar refractivity (Wildman–Crippen MR) is 153 cm³/mol. The van der Waals surface area contributed by atoms with Crippen LogP contribution >= 0.6 is 0 Å². The lowest BCUT2D eigenvalue weighted by atomic mass is 9.98. The third kappa shape index (κ3) is 6.75. The summed E-state index contributed by atoms with van der Waals surface area (Å²) in [6, 6.07) is 6.98. The number of nitrogens with one attached hydrogen (secondary N) is 1. The minimum atomic E-state index is -3.69. The highest BCUT2D eigenvalue weighted by Gasteiger charge is 2.31. The zero-order valence-electron chi connectivity index (χ0n) is 23.3. The Kier molecular flexibility index (Phi) is 9.42. The highest BCUT2D eigenvalue weighted by atomic mass is 32.2. The van der Waals surface area contributed by atoms with E-state index in [0.29, 0.717) is 42.3 Å². The van der Waals surface area contributed by atoms with Crippen LogP contribution in [0.2, 0.25) is 0 Å². The van der Waals surface area contributed by atoms with Gasteiger partial charge in [-0.25, -0.2) is 12.8 Å². The zero-order chi connectivity index (χ0) is 29.9. The molecule has 11 nitrogen and oxygen atoms in total. The van der Waals surface area contributed by atoms with E-state index in [-0.39, 0.29) is 34.8 Å². The van der Waals surface area contributed by atoms with Crippen molar-refractivity contribution in [1.29, 1.82) is 0 Å². The van der Waals surface area contributed by atoms with Gasteiger partial charge in [0.2, 0.25) is 15.7 Å². The maximum Gasteiger partial charge on any atom is 0.255 e. The van der Waals surface area contributed by atoms with Gasteiger partial charge in [-0.15, -0.1) is 0 Å². The van der Waals surface area contributed by atoms with Crippen LogP contribution in [-0.2, 0) is 21.2 Å². The average molecular weight is 590 g/mol. The molecule has 0 aliphatic carbocycles. The number of carbonyl (C=O) groups excluding carboxylic acids is 2. The van der Waals surface area contributed by atoms with E-state index in [1.165, 1.54) is 38.4 Å². The van der Waals surface area contributed by atoms with Gasteiger partial charge in [0.05, 0.1) is 17.2 Å². The number of fused-ring (bicyclic) bond motifs is 1. The lowest BCUT2D eigenvalue weighted by Crippen LogP contribution is -2.45. The van der Waals surface area contributed by atoms with Crippen LogP contribution in [0.15, 0.2) is 34.7 Å². The summed E-state index contributed by atoms with van der Waals surface area (Å²) in [5.41, 5.74) is 6.98. The summed E-state index contributed by atoms with van der Waals surface area (Å²) in [7, 11) is -0.833. The molecule has 4 N–H and O–H groups in total. The van der Waals surface area contributed by atoms with E-state index < -0.39 is 28.0 Å². The summed E-state index contributed by atoms with van der Waals surface area (Å²) in [6.07, 6.45) is 4.08. The first-order chi connectivity index (χ1) is 19.4. The second-order valence-electron chi connectivity index (χ2n) is 10.4. The molecule has 1 saturated heterocycles. The van der Waals surface area contributed by atoms with Crippen molar-refractivity contribution in [2.24, 2.45) is 11.7 Å². The monoisotopic (exact) mass is 589 g/mol.